The highest BCUT2D eigenvalue weighted by atomic mass is 35.5. The van der Waals surface area contributed by atoms with Gasteiger partial charge in [-0.15, -0.1) is 10.2 Å². The van der Waals surface area contributed by atoms with Crippen molar-refractivity contribution in [1.29, 1.82) is 0 Å². The zero-order chi connectivity index (χ0) is 19.9. The summed E-state index contributed by atoms with van der Waals surface area (Å²) >= 11 is 13.4. The summed E-state index contributed by atoms with van der Waals surface area (Å²) in [4.78, 5) is 12.3. The third-order valence-corrected chi connectivity index (χ3v) is 5.93. The van der Waals surface area contributed by atoms with E-state index in [-0.39, 0.29) is 11.7 Å². The van der Waals surface area contributed by atoms with Crippen LogP contribution in [0.15, 0.2) is 53.7 Å². The number of carbonyl (C=O) groups is 1. The van der Waals surface area contributed by atoms with Gasteiger partial charge in [0.25, 0.3) is 0 Å². The maximum Gasteiger partial charge on any atom is 0.234 e. The second kappa shape index (κ2) is 9.96. The van der Waals surface area contributed by atoms with Crippen LogP contribution in [-0.2, 0) is 24.2 Å². The standard InChI is InChI=1S/C20H20Cl2N4OS/c1-2-26-17(12-11-14-7-4-3-5-8-14)24-25-20(26)28-13-18(27)23-16-10-6-9-15(21)19(16)22/h3-10H,2,11-13H2,1H3,(H,23,27). The minimum Gasteiger partial charge on any atom is -0.324 e. The molecule has 8 heteroatoms. The first kappa shape index (κ1) is 20.7. The van der Waals surface area contributed by atoms with E-state index >= 15 is 0 Å². The molecule has 0 aliphatic heterocycles. The van der Waals surface area contributed by atoms with Crippen molar-refractivity contribution >= 4 is 46.6 Å². The van der Waals surface area contributed by atoms with Gasteiger partial charge >= 0.3 is 0 Å². The number of thioether (sulfide) groups is 1. The number of benzene rings is 2. The van der Waals surface area contributed by atoms with Gasteiger partial charge in [0.1, 0.15) is 5.82 Å². The van der Waals surface area contributed by atoms with E-state index in [4.69, 9.17) is 23.2 Å². The largest absolute Gasteiger partial charge is 0.324 e. The molecule has 3 aromatic rings. The topological polar surface area (TPSA) is 59.8 Å². The lowest BCUT2D eigenvalue weighted by Gasteiger charge is -2.09. The molecule has 146 valence electrons. The van der Waals surface area contributed by atoms with Crippen molar-refractivity contribution in [3.63, 3.8) is 0 Å². The van der Waals surface area contributed by atoms with Crippen molar-refractivity contribution in [2.45, 2.75) is 31.5 Å². The summed E-state index contributed by atoms with van der Waals surface area (Å²) in [5.41, 5.74) is 1.76. The van der Waals surface area contributed by atoms with Crippen LogP contribution in [0.3, 0.4) is 0 Å². The van der Waals surface area contributed by atoms with Crippen LogP contribution >= 0.6 is 35.0 Å². The number of anilines is 1. The van der Waals surface area contributed by atoms with Crippen molar-refractivity contribution in [3.05, 3.63) is 70.0 Å². The number of halogens is 2. The number of aromatic nitrogens is 3. The summed E-state index contributed by atoms with van der Waals surface area (Å²) in [7, 11) is 0. The molecule has 5 nitrogen and oxygen atoms in total. The van der Waals surface area contributed by atoms with Crippen molar-refractivity contribution in [1.82, 2.24) is 14.8 Å². The van der Waals surface area contributed by atoms with Crippen molar-refractivity contribution in [3.8, 4) is 0 Å². The van der Waals surface area contributed by atoms with Crippen LogP contribution in [0.2, 0.25) is 10.0 Å². The van der Waals surface area contributed by atoms with Crippen LogP contribution in [0.25, 0.3) is 0 Å². The van der Waals surface area contributed by atoms with E-state index in [9.17, 15) is 4.79 Å². The van der Waals surface area contributed by atoms with Gasteiger partial charge in [0.15, 0.2) is 5.16 Å². The molecule has 0 radical (unpaired) electrons. The van der Waals surface area contributed by atoms with E-state index in [2.05, 4.69) is 27.6 Å². The summed E-state index contributed by atoms with van der Waals surface area (Å²) in [6.45, 7) is 2.80. The summed E-state index contributed by atoms with van der Waals surface area (Å²) in [5.74, 6) is 0.956. The molecule has 1 aromatic heterocycles. The minimum absolute atomic E-state index is 0.175. The Bertz CT molecular complexity index is 947. The van der Waals surface area contributed by atoms with Gasteiger partial charge in [-0.2, -0.15) is 0 Å². The fourth-order valence-electron chi connectivity index (χ4n) is 2.75. The summed E-state index contributed by atoms with van der Waals surface area (Å²) in [5, 5.41) is 12.8. The predicted molar refractivity (Wildman–Crippen MR) is 115 cm³/mol. The molecule has 1 N–H and O–H groups in total. The summed E-state index contributed by atoms with van der Waals surface area (Å²) in [6, 6.07) is 15.4. The Balaban J connectivity index is 1.59. The highest BCUT2D eigenvalue weighted by Gasteiger charge is 2.14. The molecule has 0 aliphatic rings. The quantitative estimate of drug-likeness (QED) is 0.499. The van der Waals surface area contributed by atoms with Crippen LogP contribution < -0.4 is 5.32 Å². The zero-order valence-electron chi connectivity index (χ0n) is 15.4. The van der Waals surface area contributed by atoms with Gasteiger partial charge in [0.2, 0.25) is 5.91 Å². The molecule has 0 unspecified atom stereocenters. The maximum atomic E-state index is 12.3. The monoisotopic (exact) mass is 434 g/mol. The molecule has 3 rings (SSSR count). The fourth-order valence-corrected chi connectivity index (χ4v) is 3.91. The summed E-state index contributed by atoms with van der Waals surface area (Å²) in [6.07, 6.45) is 1.70. The van der Waals surface area contributed by atoms with Gasteiger partial charge in [-0.05, 0) is 31.0 Å². The number of hydrogen-bond acceptors (Lipinski definition) is 4. The molecule has 28 heavy (non-hydrogen) atoms. The summed E-state index contributed by atoms with van der Waals surface area (Å²) < 4.78 is 2.05. The number of carbonyl (C=O) groups excluding carboxylic acids is 1. The molecule has 1 amide bonds. The number of rotatable bonds is 8. The smallest absolute Gasteiger partial charge is 0.234 e. The van der Waals surface area contributed by atoms with Crippen molar-refractivity contribution in [2.75, 3.05) is 11.1 Å². The van der Waals surface area contributed by atoms with Crippen LogP contribution in [0.5, 0.6) is 0 Å². The molecule has 0 spiro atoms. The second-order valence-corrected chi connectivity index (χ2v) is 7.79. The highest BCUT2D eigenvalue weighted by Crippen LogP contribution is 2.29. The van der Waals surface area contributed by atoms with E-state index in [0.717, 1.165) is 30.4 Å². The van der Waals surface area contributed by atoms with E-state index in [0.29, 0.717) is 15.7 Å². The van der Waals surface area contributed by atoms with Gasteiger partial charge in [0.05, 0.1) is 21.5 Å². The Morgan fingerprint density at radius 2 is 1.86 bits per heavy atom. The fraction of sp³-hybridized carbons (Fsp3) is 0.250. The molecule has 0 fully saturated rings. The van der Waals surface area contributed by atoms with E-state index in [1.165, 1.54) is 17.3 Å². The lowest BCUT2D eigenvalue weighted by molar-refractivity contribution is -0.113. The van der Waals surface area contributed by atoms with Crippen molar-refractivity contribution < 1.29 is 4.79 Å². The molecule has 0 bridgehead atoms. The number of aryl methyl sites for hydroxylation is 2. The Morgan fingerprint density at radius 3 is 2.61 bits per heavy atom. The van der Waals surface area contributed by atoms with E-state index < -0.39 is 0 Å². The normalized spacial score (nSPS) is 10.8. The zero-order valence-corrected chi connectivity index (χ0v) is 17.7. The molecule has 0 saturated heterocycles. The molecular weight excluding hydrogens is 415 g/mol. The van der Waals surface area contributed by atoms with Crippen LogP contribution in [0.4, 0.5) is 5.69 Å². The third-order valence-electron chi connectivity index (χ3n) is 4.15. The van der Waals surface area contributed by atoms with Crippen molar-refractivity contribution in [2.24, 2.45) is 0 Å². The molecule has 0 atom stereocenters. The second-order valence-electron chi connectivity index (χ2n) is 6.07. The van der Waals surface area contributed by atoms with Crippen LogP contribution in [0, 0.1) is 0 Å². The first-order valence-corrected chi connectivity index (χ1v) is 10.6. The lowest BCUT2D eigenvalue weighted by atomic mass is 10.1. The first-order valence-electron chi connectivity index (χ1n) is 8.91. The SMILES string of the molecule is CCn1c(CCc2ccccc2)nnc1SCC(=O)Nc1cccc(Cl)c1Cl. The maximum absolute atomic E-state index is 12.3. The number of nitrogens with one attached hydrogen (secondary N) is 1. The van der Waals surface area contributed by atoms with Gasteiger partial charge in [-0.25, -0.2) is 0 Å². The highest BCUT2D eigenvalue weighted by molar-refractivity contribution is 7.99. The number of nitrogens with zero attached hydrogens (tertiary/aromatic N) is 3. The van der Waals surface area contributed by atoms with E-state index in [1.54, 1.807) is 18.2 Å². The van der Waals surface area contributed by atoms with Crippen LogP contribution in [-0.4, -0.2) is 26.4 Å². The van der Waals surface area contributed by atoms with Crippen LogP contribution in [0.1, 0.15) is 18.3 Å². The molecule has 0 saturated carbocycles. The Morgan fingerprint density at radius 1 is 1.07 bits per heavy atom. The Hall–Kier alpha value is -2.02. The lowest BCUT2D eigenvalue weighted by Crippen LogP contribution is -2.15. The first-order chi connectivity index (χ1) is 13.6. The molecular formula is C20H20Cl2N4OS. The van der Waals surface area contributed by atoms with Gasteiger partial charge < -0.3 is 9.88 Å². The Kier molecular flexibility index (Phi) is 7.36. The molecule has 2 aromatic carbocycles. The van der Waals surface area contributed by atoms with Gasteiger partial charge in [-0.3, -0.25) is 4.79 Å². The predicted octanol–water partition coefficient (Wildman–Crippen LogP) is 5.12. The average molecular weight is 435 g/mol. The average Bonchev–Trinajstić information content (AvgIpc) is 3.11. The number of hydrogen-bond donors (Lipinski definition) is 1. The number of amides is 1. The van der Waals surface area contributed by atoms with Gasteiger partial charge in [0, 0.05) is 13.0 Å². The molecule has 1 heterocycles. The Labute approximate surface area is 178 Å². The third kappa shape index (κ3) is 5.28. The van der Waals surface area contributed by atoms with Gasteiger partial charge in [-0.1, -0.05) is 71.4 Å². The minimum atomic E-state index is -0.175. The molecule has 0 aliphatic carbocycles. The van der Waals surface area contributed by atoms with E-state index in [1.807, 2.05) is 29.7 Å².